The van der Waals surface area contributed by atoms with Gasteiger partial charge < -0.3 is 41.3 Å². The summed E-state index contributed by atoms with van der Waals surface area (Å²) >= 11 is 6.40. The highest BCUT2D eigenvalue weighted by molar-refractivity contribution is 6.33. The molecule has 3 fully saturated rings. The number of rotatable bonds is 11. The van der Waals surface area contributed by atoms with Crippen LogP contribution in [0.4, 0.5) is 33.6 Å². The van der Waals surface area contributed by atoms with Crippen molar-refractivity contribution in [1.29, 1.82) is 0 Å². The molecule has 0 bridgehead atoms. The summed E-state index contributed by atoms with van der Waals surface area (Å²) in [4.78, 5) is 77.4. The lowest BCUT2D eigenvalue weighted by Gasteiger charge is -2.37. The molecule has 1 aliphatic carbocycles. The zero-order chi connectivity index (χ0) is 43.9. The van der Waals surface area contributed by atoms with Crippen molar-refractivity contribution in [3.63, 3.8) is 0 Å². The third-order valence-corrected chi connectivity index (χ3v) is 12.3. The van der Waals surface area contributed by atoms with Crippen LogP contribution in [0.2, 0.25) is 5.02 Å². The lowest BCUT2D eigenvalue weighted by Crippen LogP contribution is -2.54. The molecule has 1 saturated carbocycles. The summed E-state index contributed by atoms with van der Waals surface area (Å²) in [5.41, 5.74) is 5.06. The van der Waals surface area contributed by atoms with E-state index in [0.717, 1.165) is 67.8 Å². The first-order chi connectivity index (χ1) is 30.6. The van der Waals surface area contributed by atoms with Gasteiger partial charge in [0.25, 0.3) is 11.8 Å². The van der Waals surface area contributed by atoms with Crippen LogP contribution in [0.1, 0.15) is 76.8 Å². The van der Waals surface area contributed by atoms with E-state index in [1.807, 2.05) is 47.4 Å². The minimum atomic E-state index is -0.651. The van der Waals surface area contributed by atoms with E-state index in [1.54, 1.807) is 36.2 Å². The standard InChI is InChI=1S/C46H50ClN11O5/c1-48-42(60)35-9-2-3-11-38(35)53-41-37(47)27-50-45(55-41)51-31-16-18-33(19-17-31)56-23-25-57(26-24-56)46(63)52-32-14-12-30(13-15-32)49-22-5-4-7-29-8-6-10-34-36(29)28-58(44(34)62)39-20-21-40(59)54-43(39)61/h2-3,6,8-11,16-19,27,30,32,39,49H,5,12-15,20-26,28H2,1H3,(H,48,60)(H,52,63)(H,54,59,61)(H2,50,51,53,55)/t30-,32+,39?. The molecule has 8 rings (SSSR count). The first-order valence-corrected chi connectivity index (χ1v) is 21.8. The Labute approximate surface area is 370 Å². The molecule has 6 amide bonds. The molecule has 4 heterocycles. The van der Waals surface area contributed by atoms with Crippen LogP contribution in [0.25, 0.3) is 0 Å². The average Bonchev–Trinajstić information content (AvgIpc) is 3.64. The van der Waals surface area contributed by atoms with Gasteiger partial charge in [-0.3, -0.25) is 24.5 Å². The zero-order valence-corrected chi connectivity index (χ0v) is 35.8. The number of benzene rings is 3. The number of para-hydroxylation sites is 1. The van der Waals surface area contributed by atoms with Gasteiger partial charge in [-0.1, -0.05) is 41.6 Å². The molecule has 17 heteroatoms. The predicted molar refractivity (Wildman–Crippen MR) is 240 cm³/mol. The summed E-state index contributed by atoms with van der Waals surface area (Å²) < 4.78 is 0. The average molecular weight is 872 g/mol. The number of hydrogen-bond acceptors (Lipinski definition) is 11. The Hall–Kier alpha value is -6.70. The third kappa shape index (κ3) is 10.2. The molecule has 2 saturated heterocycles. The largest absolute Gasteiger partial charge is 0.368 e. The molecule has 326 valence electrons. The Bertz CT molecular complexity index is 2440. The summed E-state index contributed by atoms with van der Waals surface area (Å²) in [6.45, 7) is 3.74. The summed E-state index contributed by atoms with van der Waals surface area (Å²) in [6.07, 6.45) is 6.45. The molecule has 4 aromatic rings. The fraction of sp³-hybridized carbons (Fsp3) is 0.370. The minimum Gasteiger partial charge on any atom is -0.368 e. The molecule has 16 nitrogen and oxygen atoms in total. The molecule has 0 spiro atoms. The molecule has 4 aliphatic rings. The molecule has 3 aromatic carbocycles. The number of urea groups is 1. The third-order valence-electron chi connectivity index (χ3n) is 12.0. The molecule has 1 unspecified atom stereocenters. The van der Waals surface area contributed by atoms with Gasteiger partial charge in [-0.25, -0.2) is 9.78 Å². The molecular weight excluding hydrogens is 822 g/mol. The summed E-state index contributed by atoms with van der Waals surface area (Å²) in [5.74, 6) is 6.04. The number of fused-ring (bicyclic) bond motifs is 1. The fourth-order valence-electron chi connectivity index (χ4n) is 8.53. The van der Waals surface area contributed by atoms with Crippen LogP contribution in [-0.4, -0.2) is 107 Å². The Morgan fingerprint density at radius 1 is 0.889 bits per heavy atom. The van der Waals surface area contributed by atoms with Crippen LogP contribution in [0.3, 0.4) is 0 Å². The predicted octanol–water partition coefficient (Wildman–Crippen LogP) is 4.91. The molecule has 1 aromatic heterocycles. The molecule has 1 atom stereocenters. The van der Waals surface area contributed by atoms with Crippen molar-refractivity contribution in [2.75, 3.05) is 55.3 Å². The monoisotopic (exact) mass is 871 g/mol. The number of piperidine rings is 1. The number of carbonyl (C=O) groups is 5. The second-order valence-electron chi connectivity index (χ2n) is 16.0. The van der Waals surface area contributed by atoms with E-state index < -0.39 is 11.9 Å². The van der Waals surface area contributed by atoms with Crippen LogP contribution < -0.4 is 36.8 Å². The van der Waals surface area contributed by atoms with Gasteiger partial charge >= 0.3 is 6.03 Å². The first-order valence-electron chi connectivity index (χ1n) is 21.4. The van der Waals surface area contributed by atoms with Crippen LogP contribution in [0, 0.1) is 11.8 Å². The Kier molecular flexibility index (Phi) is 13.3. The minimum absolute atomic E-state index is 0.0100. The van der Waals surface area contributed by atoms with E-state index in [1.165, 1.54) is 6.20 Å². The van der Waals surface area contributed by atoms with Crippen molar-refractivity contribution >= 4 is 70.1 Å². The Balaban J connectivity index is 0.737. The van der Waals surface area contributed by atoms with Gasteiger partial charge in [-0.15, -0.1) is 0 Å². The van der Waals surface area contributed by atoms with E-state index in [0.29, 0.717) is 72.1 Å². The number of nitrogens with zero attached hydrogens (tertiary/aromatic N) is 5. The number of anilines is 5. The van der Waals surface area contributed by atoms with E-state index in [4.69, 9.17) is 11.6 Å². The Morgan fingerprint density at radius 2 is 1.65 bits per heavy atom. The van der Waals surface area contributed by atoms with Crippen LogP contribution >= 0.6 is 11.6 Å². The van der Waals surface area contributed by atoms with E-state index in [-0.39, 0.29) is 36.2 Å². The van der Waals surface area contributed by atoms with Gasteiger partial charge in [-0.2, -0.15) is 4.98 Å². The Morgan fingerprint density at radius 3 is 2.41 bits per heavy atom. The van der Waals surface area contributed by atoms with Crippen molar-refractivity contribution in [2.24, 2.45) is 0 Å². The second kappa shape index (κ2) is 19.6. The topological polar surface area (TPSA) is 193 Å². The number of piperazine rings is 1. The first kappa shape index (κ1) is 43.0. The summed E-state index contributed by atoms with van der Waals surface area (Å²) in [7, 11) is 1.58. The molecule has 63 heavy (non-hydrogen) atoms. The maximum Gasteiger partial charge on any atom is 0.317 e. The quantitative estimate of drug-likeness (QED) is 0.0682. The highest BCUT2D eigenvalue weighted by Crippen LogP contribution is 2.31. The van der Waals surface area contributed by atoms with Crippen molar-refractivity contribution < 1.29 is 24.0 Å². The van der Waals surface area contributed by atoms with Crippen LogP contribution in [-0.2, 0) is 16.1 Å². The number of amides is 6. The lowest BCUT2D eigenvalue weighted by molar-refractivity contribution is -0.136. The van der Waals surface area contributed by atoms with Gasteiger partial charge in [0.15, 0.2) is 5.82 Å². The van der Waals surface area contributed by atoms with E-state index >= 15 is 0 Å². The maximum atomic E-state index is 13.3. The van der Waals surface area contributed by atoms with Gasteiger partial charge in [0, 0.05) is 93.7 Å². The van der Waals surface area contributed by atoms with Crippen molar-refractivity contribution in [2.45, 2.75) is 69.6 Å². The highest BCUT2D eigenvalue weighted by atomic mass is 35.5. The smallest absolute Gasteiger partial charge is 0.317 e. The number of aromatic nitrogens is 2. The SMILES string of the molecule is CNC(=O)c1ccccc1Nc1nc(Nc2ccc(N3CCN(C(=O)N[C@H]4CC[C@@H](NCCC#Cc5cccc6c5CN(C5CCC(=O)NC5=O)C6=O)CC4)CC3)cc2)ncc1Cl. The molecule has 3 aliphatic heterocycles. The van der Waals surface area contributed by atoms with Gasteiger partial charge in [0.1, 0.15) is 11.1 Å². The van der Waals surface area contributed by atoms with Gasteiger partial charge in [0.2, 0.25) is 17.8 Å². The molecule has 6 N–H and O–H groups in total. The number of imide groups is 1. The zero-order valence-electron chi connectivity index (χ0n) is 35.0. The number of halogens is 1. The van der Waals surface area contributed by atoms with E-state index in [2.05, 4.69) is 58.6 Å². The van der Waals surface area contributed by atoms with Crippen molar-refractivity contribution in [3.8, 4) is 11.8 Å². The summed E-state index contributed by atoms with van der Waals surface area (Å²) in [5, 5.41) is 18.6. The number of nitrogens with one attached hydrogen (secondary N) is 6. The number of hydrogen-bond donors (Lipinski definition) is 6. The van der Waals surface area contributed by atoms with Crippen molar-refractivity contribution in [3.05, 3.63) is 100 Å². The van der Waals surface area contributed by atoms with Gasteiger partial charge in [-0.05, 0) is 86.2 Å². The van der Waals surface area contributed by atoms with Crippen molar-refractivity contribution in [1.82, 2.24) is 41.0 Å². The molecule has 0 radical (unpaired) electrons. The fourth-order valence-corrected chi connectivity index (χ4v) is 8.67. The van der Waals surface area contributed by atoms with Crippen LogP contribution in [0.5, 0.6) is 0 Å². The highest BCUT2D eigenvalue weighted by Gasteiger charge is 2.39. The second-order valence-corrected chi connectivity index (χ2v) is 16.4. The van der Waals surface area contributed by atoms with E-state index in [9.17, 15) is 24.0 Å². The number of carbonyl (C=O) groups excluding carboxylic acids is 5. The summed E-state index contributed by atoms with van der Waals surface area (Å²) in [6, 6.07) is 20.4. The maximum absolute atomic E-state index is 13.3. The van der Waals surface area contributed by atoms with Crippen LogP contribution in [0.15, 0.2) is 72.9 Å². The van der Waals surface area contributed by atoms with Gasteiger partial charge in [0.05, 0.1) is 17.4 Å². The molecular formula is C46H50ClN11O5. The normalized spacial score (nSPS) is 19.7. The lowest BCUT2D eigenvalue weighted by atomic mass is 9.91.